The van der Waals surface area contributed by atoms with Crippen LogP contribution >= 0.6 is 23.4 Å². The molecule has 4 aromatic rings. The average Bonchev–Trinajstić information content (AvgIpc) is 3.47. The van der Waals surface area contributed by atoms with Gasteiger partial charge in [0, 0.05) is 54.5 Å². The van der Waals surface area contributed by atoms with Crippen molar-refractivity contribution in [1.82, 2.24) is 24.3 Å². The highest BCUT2D eigenvalue weighted by Crippen LogP contribution is 2.50. The first kappa shape index (κ1) is 23.6. The SMILES string of the molecule is BCNc1nccc(Sc2c(C)nc(N3CCC4(CC3)Cc3ncccc3[C@H]4N)n3ccnc23)c1Cl. The number of hydrogen-bond acceptors (Lipinski definition) is 8. The lowest BCUT2D eigenvalue weighted by Crippen LogP contribution is -2.45. The molecule has 0 bridgehead atoms. The summed E-state index contributed by atoms with van der Waals surface area (Å²) in [5.41, 5.74) is 11.0. The van der Waals surface area contributed by atoms with Gasteiger partial charge in [0.15, 0.2) is 5.65 Å². The molecule has 0 unspecified atom stereocenters. The predicted octanol–water partition coefficient (Wildman–Crippen LogP) is 3.48. The molecule has 0 radical (unpaired) electrons. The summed E-state index contributed by atoms with van der Waals surface area (Å²) in [5.74, 6) is 1.62. The number of anilines is 2. The number of halogens is 1. The van der Waals surface area contributed by atoms with Crippen LogP contribution in [0.1, 0.15) is 35.8 Å². The van der Waals surface area contributed by atoms with Crippen molar-refractivity contribution in [2.45, 2.75) is 42.0 Å². The number of nitrogens with zero attached hydrogens (tertiary/aromatic N) is 6. The van der Waals surface area contributed by atoms with E-state index in [4.69, 9.17) is 27.3 Å². The highest BCUT2D eigenvalue weighted by molar-refractivity contribution is 7.99. The molecule has 0 amide bonds. The Kier molecular flexibility index (Phi) is 6.05. The fraction of sp³-hybridized carbons (Fsp3) is 0.360. The van der Waals surface area contributed by atoms with Gasteiger partial charge in [-0.05, 0) is 55.7 Å². The maximum absolute atomic E-state index is 6.76. The lowest BCUT2D eigenvalue weighted by atomic mass is 9.73. The number of rotatable bonds is 5. The van der Waals surface area contributed by atoms with E-state index in [-0.39, 0.29) is 11.5 Å². The summed E-state index contributed by atoms with van der Waals surface area (Å²) in [4.78, 5) is 23.0. The standard InChI is InChI=1S/C25H28BClN8S/c1-15-20(36-18-4-8-30-22(19(18)27)32-14-26)23-31-9-12-35(23)24(33-15)34-10-5-25(6-11-34)13-17-16(21(25)28)3-2-7-29-17/h2-4,7-9,12,21H,5-6,10-11,13-14,26,28H2,1H3,(H,30,32)/t21-/m1/s1. The van der Waals surface area contributed by atoms with Crippen molar-refractivity contribution in [2.24, 2.45) is 11.1 Å². The number of aromatic nitrogens is 5. The van der Waals surface area contributed by atoms with E-state index >= 15 is 0 Å². The van der Waals surface area contributed by atoms with Gasteiger partial charge in [-0.3, -0.25) is 9.38 Å². The van der Waals surface area contributed by atoms with Gasteiger partial charge >= 0.3 is 0 Å². The molecule has 0 aromatic carbocycles. The van der Waals surface area contributed by atoms with Crippen LogP contribution in [0.2, 0.25) is 5.02 Å². The van der Waals surface area contributed by atoms with Crippen molar-refractivity contribution in [1.29, 1.82) is 0 Å². The third-order valence-corrected chi connectivity index (χ3v) is 9.28. The molecule has 36 heavy (non-hydrogen) atoms. The first-order valence-electron chi connectivity index (χ1n) is 12.3. The molecular formula is C25H28BClN8S. The largest absolute Gasteiger partial charge is 0.377 e. The van der Waals surface area contributed by atoms with Crippen molar-refractivity contribution in [3.05, 3.63) is 65.0 Å². The summed E-state index contributed by atoms with van der Waals surface area (Å²) in [6, 6.07) is 6.11. The van der Waals surface area contributed by atoms with Crippen molar-refractivity contribution < 1.29 is 0 Å². The van der Waals surface area contributed by atoms with E-state index in [0.29, 0.717) is 10.8 Å². The number of imidazole rings is 1. The normalized spacial score (nSPS) is 18.6. The number of nitrogens with one attached hydrogen (secondary N) is 1. The Balaban J connectivity index is 1.27. The number of aryl methyl sites for hydroxylation is 1. The summed E-state index contributed by atoms with van der Waals surface area (Å²) in [5, 5.41) is 3.83. The van der Waals surface area contributed by atoms with E-state index in [1.807, 2.05) is 45.5 Å². The average molecular weight is 519 g/mol. The minimum absolute atomic E-state index is 0.0438. The van der Waals surface area contributed by atoms with Gasteiger partial charge in [0.05, 0.1) is 15.6 Å². The fourth-order valence-electron chi connectivity index (χ4n) is 5.59. The first-order valence-corrected chi connectivity index (χ1v) is 13.5. The Hall–Kier alpha value is -2.82. The van der Waals surface area contributed by atoms with Crippen LogP contribution in [0.3, 0.4) is 0 Å². The molecular weight excluding hydrogens is 491 g/mol. The number of nitrogens with two attached hydrogens (primary N) is 1. The molecule has 1 aliphatic carbocycles. The zero-order chi connectivity index (χ0) is 24.9. The van der Waals surface area contributed by atoms with Crippen LogP contribution in [0.15, 0.2) is 52.8 Å². The molecule has 4 aromatic heterocycles. The summed E-state index contributed by atoms with van der Waals surface area (Å²) < 4.78 is 2.10. The Labute approximate surface area is 220 Å². The van der Waals surface area contributed by atoms with Crippen LogP contribution in [-0.4, -0.2) is 51.7 Å². The van der Waals surface area contributed by atoms with Gasteiger partial charge in [0.1, 0.15) is 13.7 Å². The van der Waals surface area contributed by atoms with E-state index in [0.717, 1.165) is 71.6 Å². The number of piperidine rings is 1. The van der Waals surface area contributed by atoms with Crippen LogP contribution in [0, 0.1) is 12.3 Å². The summed E-state index contributed by atoms with van der Waals surface area (Å²) in [6.45, 7) is 3.84. The maximum Gasteiger partial charge on any atom is 0.211 e. The Morgan fingerprint density at radius 2 is 2.03 bits per heavy atom. The zero-order valence-electron chi connectivity index (χ0n) is 20.4. The van der Waals surface area contributed by atoms with E-state index < -0.39 is 0 Å². The van der Waals surface area contributed by atoms with Crippen molar-refractivity contribution in [3.63, 3.8) is 0 Å². The molecule has 5 heterocycles. The summed E-state index contributed by atoms with van der Waals surface area (Å²) in [7, 11) is 2.03. The smallest absolute Gasteiger partial charge is 0.211 e. The van der Waals surface area contributed by atoms with E-state index in [2.05, 4.69) is 30.7 Å². The first-order chi connectivity index (χ1) is 17.5. The second kappa shape index (κ2) is 9.25. The predicted molar refractivity (Wildman–Crippen MR) is 147 cm³/mol. The van der Waals surface area contributed by atoms with Gasteiger partial charge in [0.25, 0.3) is 0 Å². The zero-order valence-corrected chi connectivity index (χ0v) is 22.0. The molecule has 2 aliphatic rings. The summed E-state index contributed by atoms with van der Waals surface area (Å²) in [6.07, 6.45) is 11.2. The lowest BCUT2D eigenvalue weighted by molar-refractivity contribution is 0.186. The lowest BCUT2D eigenvalue weighted by Gasteiger charge is -2.42. The van der Waals surface area contributed by atoms with Gasteiger partial charge in [-0.15, -0.1) is 0 Å². The van der Waals surface area contributed by atoms with E-state index in [1.54, 1.807) is 18.0 Å². The van der Waals surface area contributed by atoms with E-state index in [9.17, 15) is 0 Å². The number of hydrogen-bond donors (Lipinski definition) is 2. The number of fused-ring (bicyclic) bond motifs is 2. The minimum atomic E-state index is 0.0438. The van der Waals surface area contributed by atoms with Crippen LogP contribution < -0.4 is 16.0 Å². The quantitative estimate of drug-likeness (QED) is 0.388. The molecule has 6 rings (SSSR count). The Morgan fingerprint density at radius 3 is 2.81 bits per heavy atom. The van der Waals surface area contributed by atoms with Gasteiger partial charge < -0.3 is 16.0 Å². The van der Waals surface area contributed by atoms with Gasteiger partial charge in [0.2, 0.25) is 5.95 Å². The highest BCUT2D eigenvalue weighted by atomic mass is 35.5. The van der Waals surface area contributed by atoms with Gasteiger partial charge in [-0.25, -0.2) is 15.0 Å². The Morgan fingerprint density at radius 1 is 1.19 bits per heavy atom. The monoisotopic (exact) mass is 518 g/mol. The molecule has 1 spiro atoms. The topological polar surface area (TPSA) is 97.3 Å². The molecule has 1 atom stereocenters. The van der Waals surface area contributed by atoms with Gasteiger partial charge in [-0.2, -0.15) is 0 Å². The van der Waals surface area contributed by atoms with E-state index in [1.165, 1.54) is 5.56 Å². The molecule has 1 fully saturated rings. The Bertz CT molecular complexity index is 1440. The van der Waals surface area contributed by atoms with Gasteiger partial charge in [-0.1, -0.05) is 29.4 Å². The van der Waals surface area contributed by atoms with Crippen molar-refractivity contribution in [2.75, 3.05) is 29.8 Å². The minimum Gasteiger partial charge on any atom is -0.377 e. The molecule has 3 N–H and O–H groups in total. The summed E-state index contributed by atoms with van der Waals surface area (Å²) >= 11 is 8.24. The third-order valence-electron chi connectivity index (χ3n) is 7.55. The molecule has 0 saturated carbocycles. The maximum atomic E-state index is 6.76. The second-order valence-electron chi connectivity index (χ2n) is 9.59. The van der Waals surface area contributed by atoms with Crippen molar-refractivity contribution >= 4 is 48.6 Å². The molecule has 11 heteroatoms. The third kappa shape index (κ3) is 3.83. The van der Waals surface area contributed by atoms with Crippen LogP contribution in [0.4, 0.5) is 11.8 Å². The molecule has 1 saturated heterocycles. The van der Waals surface area contributed by atoms with Crippen LogP contribution in [0.5, 0.6) is 0 Å². The van der Waals surface area contributed by atoms with Crippen LogP contribution in [-0.2, 0) is 6.42 Å². The molecule has 184 valence electrons. The molecule has 8 nitrogen and oxygen atoms in total. The fourth-order valence-corrected chi connectivity index (χ4v) is 6.86. The number of pyridine rings is 2. The van der Waals surface area contributed by atoms with Crippen LogP contribution in [0.25, 0.3) is 5.65 Å². The molecule has 1 aliphatic heterocycles. The van der Waals surface area contributed by atoms with Crippen molar-refractivity contribution in [3.8, 4) is 0 Å². The highest BCUT2D eigenvalue weighted by Gasteiger charge is 2.46. The second-order valence-corrected chi connectivity index (χ2v) is 11.0.